The highest BCUT2D eigenvalue weighted by atomic mass is 19.4. The predicted molar refractivity (Wildman–Crippen MR) is 76.7 cm³/mol. The molecule has 24 heavy (non-hydrogen) atoms. The zero-order valence-electron chi connectivity index (χ0n) is 12.0. The van der Waals surface area contributed by atoms with Crippen molar-refractivity contribution in [2.45, 2.75) is 6.18 Å². The molecule has 0 amide bonds. The minimum absolute atomic E-state index is 0.0802. The number of nitrogens with zero attached hydrogens (tertiary/aromatic N) is 3. The van der Waals surface area contributed by atoms with Gasteiger partial charge in [-0.2, -0.15) is 13.2 Å². The number of hydrogen-bond acceptors (Lipinski definition) is 4. The van der Waals surface area contributed by atoms with Gasteiger partial charge in [-0.05, 0) is 18.2 Å². The van der Waals surface area contributed by atoms with Gasteiger partial charge in [0, 0.05) is 5.56 Å². The van der Waals surface area contributed by atoms with Crippen LogP contribution in [-0.4, -0.2) is 15.2 Å². The quantitative estimate of drug-likeness (QED) is 0.662. The van der Waals surface area contributed by atoms with Crippen LogP contribution in [0.1, 0.15) is 5.56 Å². The lowest BCUT2D eigenvalue weighted by Gasteiger charge is -2.11. The van der Waals surface area contributed by atoms with Crippen LogP contribution in [0.15, 0.2) is 54.9 Å². The Labute approximate surface area is 133 Å². The van der Waals surface area contributed by atoms with Gasteiger partial charge in [0.25, 0.3) is 5.88 Å². The average molecular weight is 335 g/mol. The monoisotopic (exact) mass is 335 g/mol. The Morgan fingerprint density at radius 3 is 2.42 bits per heavy atom. The van der Waals surface area contributed by atoms with E-state index in [0.717, 1.165) is 6.07 Å². The van der Waals surface area contributed by atoms with Gasteiger partial charge in [-0.25, -0.2) is 9.37 Å². The molecule has 0 saturated heterocycles. The summed E-state index contributed by atoms with van der Waals surface area (Å²) in [5, 5.41) is 7.33. The molecule has 122 valence electrons. The third kappa shape index (κ3) is 3.32. The third-order valence-electron chi connectivity index (χ3n) is 3.09. The van der Waals surface area contributed by atoms with Gasteiger partial charge >= 0.3 is 6.18 Å². The van der Waals surface area contributed by atoms with Crippen molar-refractivity contribution < 1.29 is 22.3 Å². The van der Waals surface area contributed by atoms with Gasteiger partial charge in [0.1, 0.15) is 23.6 Å². The highest BCUT2D eigenvalue weighted by Crippen LogP contribution is 2.35. The molecule has 3 rings (SSSR count). The van der Waals surface area contributed by atoms with Crippen LogP contribution < -0.4 is 4.74 Å². The molecule has 4 nitrogen and oxygen atoms in total. The van der Waals surface area contributed by atoms with Gasteiger partial charge in [-0.1, -0.05) is 30.3 Å². The summed E-state index contributed by atoms with van der Waals surface area (Å²) in [6.07, 6.45) is -3.63. The Morgan fingerprint density at radius 2 is 1.71 bits per heavy atom. The predicted octanol–water partition coefficient (Wildman–Crippen LogP) is 4.49. The van der Waals surface area contributed by atoms with Crippen molar-refractivity contribution in [3.8, 4) is 22.9 Å². The maximum atomic E-state index is 13.3. The van der Waals surface area contributed by atoms with Crippen LogP contribution in [0.3, 0.4) is 0 Å². The number of halogens is 4. The lowest BCUT2D eigenvalue weighted by molar-refractivity contribution is -0.140. The Hall–Kier alpha value is -3.03. The zero-order valence-corrected chi connectivity index (χ0v) is 12.0. The first-order valence-electron chi connectivity index (χ1n) is 6.73. The van der Waals surface area contributed by atoms with Crippen molar-refractivity contribution >= 4 is 0 Å². The Balaban J connectivity index is 1.99. The smallest absolute Gasteiger partial charge is 0.419 e. The average Bonchev–Trinajstić information content (AvgIpc) is 2.57. The Kier molecular flexibility index (Phi) is 4.11. The second-order valence-corrected chi connectivity index (χ2v) is 4.72. The van der Waals surface area contributed by atoms with Crippen LogP contribution in [0.2, 0.25) is 0 Å². The highest BCUT2D eigenvalue weighted by Gasteiger charge is 2.34. The fourth-order valence-corrected chi connectivity index (χ4v) is 2.02. The Bertz CT molecular complexity index is 853. The summed E-state index contributed by atoms with van der Waals surface area (Å²) in [7, 11) is 0. The van der Waals surface area contributed by atoms with Crippen LogP contribution in [0, 0.1) is 5.82 Å². The lowest BCUT2D eigenvalue weighted by Crippen LogP contribution is -2.08. The molecule has 0 fully saturated rings. The molecule has 1 heterocycles. The van der Waals surface area contributed by atoms with Crippen LogP contribution in [-0.2, 0) is 6.18 Å². The van der Waals surface area contributed by atoms with Crippen molar-refractivity contribution in [2.24, 2.45) is 0 Å². The van der Waals surface area contributed by atoms with Gasteiger partial charge in [0.15, 0.2) is 0 Å². The molecule has 0 N–H and O–H groups in total. The van der Waals surface area contributed by atoms with Crippen LogP contribution in [0.25, 0.3) is 11.3 Å². The molecule has 0 aliphatic heterocycles. The van der Waals surface area contributed by atoms with Crippen LogP contribution in [0.5, 0.6) is 11.6 Å². The van der Waals surface area contributed by atoms with Gasteiger partial charge in [-0.15, -0.1) is 10.2 Å². The molecule has 3 aromatic rings. The van der Waals surface area contributed by atoms with E-state index in [4.69, 9.17) is 4.74 Å². The largest absolute Gasteiger partial charge is 0.436 e. The summed E-state index contributed by atoms with van der Waals surface area (Å²) in [5.74, 6) is -1.68. The summed E-state index contributed by atoms with van der Waals surface area (Å²) >= 11 is 0. The number of hydrogen-bond donors (Lipinski definition) is 0. The summed E-state index contributed by atoms with van der Waals surface area (Å²) in [6.45, 7) is 0. The first-order valence-corrected chi connectivity index (χ1v) is 6.73. The first-order chi connectivity index (χ1) is 11.4. The first kappa shape index (κ1) is 15.9. The molecule has 0 unspecified atom stereocenters. The molecule has 0 aliphatic rings. The van der Waals surface area contributed by atoms with Crippen molar-refractivity contribution in [3.05, 3.63) is 66.2 Å². The molecule has 0 saturated carbocycles. The van der Waals surface area contributed by atoms with Crippen molar-refractivity contribution in [3.63, 3.8) is 0 Å². The van der Waals surface area contributed by atoms with E-state index in [1.807, 2.05) is 0 Å². The molecule has 0 bridgehead atoms. The van der Waals surface area contributed by atoms with E-state index in [1.165, 1.54) is 6.33 Å². The lowest BCUT2D eigenvalue weighted by atomic mass is 10.1. The van der Waals surface area contributed by atoms with Gasteiger partial charge < -0.3 is 4.74 Å². The molecule has 1 aromatic heterocycles. The third-order valence-corrected chi connectivity index (χ3v) is 3.09. The standard InChI is InChI=1S/C16H9F4N3O/c17-13-7-6-11(8-12(13)16(18,19)20)24-15-14(21-9-22-23-15)10-4-2-1-3-5-10/h1-9H. The van der Waals surface area contributed by atoms with Crippen LogP contribution >= 0.6 is 0 Å². The molecule has 0 atom stereocenters. The van der Waals surface area contributed by atoms with E-state index in [2.05, 4.69) is 15.2 Å². The van der Waals surface area contributed by atoms with E-state index >= 15 is 0 Å². The number of benzene rings is 2. The minimum atomic E-state index is -4.83. The van der Waals surface area contributed by atoms with Crippen molar-refractivity contribution in [1.82, 2.24) is 15.2 Å². The number of aromatic nitrogens is 3. The van der Waals surface area contributed by atoms with E-state index in [9.17, 15) is 17.6 Å². The molecular weight excluding hydrogens is 326 g/mol. The molecule has 8 heteroatoms. The topological polar surface area (TPSA) is 47.9 Å². The normalized spacial score (nSPS) is 11.3. The molecule has 0 aliphatic carbocycles. The highest BCUT2D eigenvalue weighted by molar-refractivity contribution is 5.64. The van der Waals surface area contributed by atoms with E-state index in [0.29, 0.717) is 23.4 Å². The number of rotatable bonds is 3. The molecule has 0 radical (unpaired) electrons. The number of ether oxygens (including phenoxy) is 1. The second-order valence-electron chi connectivity index (χ2n) is 4.72. The summed E-state index contributed by atoms with van der Waals surface area (Å²) in [5.41, 5.74) is -0.456. The SMILES string of the molecule is Fc1ccc(Oc2nncnc2-c2ccccc2)cc1C(F)(F)F. The summed E-state index contributed by atoms with van der Waals surface area (Å²) in [4.78, 5) is 4.04. The van der Waals surface area contributed by atoms with Gasteiger partial charge in [0.2, 0.25) is 0 Å². The molecular formula is C16H9F4N3O. The van der Waals surface area contributed by atoms with Crippen molar-refractivity contribution in [2.75, 3.05) is 0 Å². The van der Waals surface area contributed by atoms with Gasteiger partial charge in [-0.3, -0.25) is 0 Å². The van der Waals surface area contributed by atoms with Gasteiger partial charge in [0.05, 0.1) is 5.56 Å². The van der Waals surface area contributed by atoms with E-state index in [1.54, 1.807) is 30.3 Å². The van der Waals surface area contributed by atoms with Crippen molar-refractivity contribution in [1.29, 1.82) is 0 Å². The summed E-state index contributed by atoms with van der Waals surface area (Å²) in [6, 6.07) is 11.1. The number of alkyl halides is 3. The fraction of sp³-hybridized carbons (Fsp3) is 0.0625. The maximum absolute atomic E-state index is 13.3. The molecule has 2 aromatic carbocycles. The van der Waals surface area contributed by atoms with E-state index < -0.39 is 17.6 Å². The minimum Gasteiger partial charge on any atom is -0.436 e. The maximum Gasteiger partial charge on any atom is 0.419 e. The zero-order chi connectivity index (χ0) is 17.2. The fourth-order valence-electron chi connectivity index (χ4n) is 2.02. The van der Waals surface area contributed by atoms with Crippen LogP contribution in [0.4, 0.5) is 17.6 Å². The second kappa shape index (κ2) is 6.23. The molecule has 0 spiro atoms. The summed E-state index contributed by atoms with van der Waals surface area (Å²) < 4.78 is 57.0. The Morgan fingerprint density at radius 1 is 0.958 bits per heavy atom. The van der Waals surface area contributed by atoms with E-state index in [-0.39, 0.29) is 11.6 Å².